The quantitative estimate of drug-likeness (QED) is 0.496. The van der Waals surface area contributed by atoms with Crippen LogP contribution in [0.15, 0.2) is 36.4 Å². The third-order valence-corrected chi connectivity index (χ3v) is 6.28. The lowest BCUT2D eigenvalue weighted by Crippen LogP contribution is -2.45. The summed E-state index contributed by atoms with van der Waals surface area (Å²) in [6, 6.07) is 3.40. The molecule has 2 atom stereocenters. The van der Waals surface area contributed by atoms with Crippen molar-refractivity contribution in [3.8, 4) is 0 Å². The number of amides is 2. The van der Waals surface area contributed by atoms with Crippen LogP contribution in [0.2, 0.25) is 0 Å². The van der Waals surface area contributed by atoms with Gasteiger partial charge >= 0.3 is 18.4 Å². The van der Waals surface area contributed by atoms with Crippen LogP contribution >= 0.6 is 0 Å². The Balaban J connectivity index is 1.96. The first-order chi connectivity index (χ1) is 16.2. The lowest BCUT2D eigenvalue weighted by molar-refractivity contribution is -0.143. The van der Waals surface area contributed by atoms with Crippen LogP contribution in [0.3, 0.4) is 0 Å². The van der Waals surface area contributed by atoms with Crippen LogP contribution in [0.4, 0.5) is 35.5 Å². The van der Waals surface area contributed by atoms with Crippen LogP contribution in [0.25, 0.3) is 0 Å². The van der Waals surface area contributed by atoms with Crippen molar-refractivity contribution in [3.05, 3.63) is 70.0 Å². The first kappa shape index (κ1) is 26.8. The second-order valence-corrected chi connectivity index (χ2v) is 8.68. The molecule has 1 heterocycles. The molecule has 192 valence electrons. The Bertz CT molecular complexity index is 1040. The fourth-order valence-corrected chi connectivity index (χ4v) is 4.21. The second kappa shape index (κ2) is 10.0. The van der Waals surface area contributed by atoms with Gasteiger partial charge in [-0.2, -0.15) is 26.3 Å². The van der Waals surface area contributed by atoms with Gasteiger partial charge in [0.1, 0.15) is 5.82 Å². The number of benzene rings is 2. The minimum absolute atomic E-state index is 0.0614. The molecule has 0 radical (unpaired) electrons. The predicted molar refractivity (Wildman–Crippen MR) is 116 cm³/mol. The van der Waals surface area contributed by atoms with Crippen molar-refractivity contribution < 1.29 is 35.5 Å². The number of urea groups is 1. The maximum Gasteiger partial charge on any atom is 0.416 e. The molecule has 1 fully saturated rings. The number of nitrogens with zero attached hydrogens (tertiary/aromatic N) is 2. The number of aryl methyl sites for hydroxylation is 1. The van der Waals surface area contributed by atoms with Crippen LogP contribution in [0, 0.1) is 12.7 Å². The normalized spacial score (nSPS) is 18.2. The lowest BCUT2D eigenvalue weighted by Gasteiger charge is -2.37. The van der Waals surface area contributed by atoms with Gasteiger partial charge in [-0.3, -0.25) is 0 Å². The van der Waals surface area contributed by atoms with Gasteiger partial charge in [-0.05, 0) is 73.8 Å². The van der Waals surface area contributed by atoms with E-state index < -0.39 is 47.4 Å². The van der Waals surface area contributed by atoms with Gasteiger partial charge in [0.2, 0.25) is 0 Å². The van der Waals surface area contributed by atoms with Crippen LogP contribution in [0.5, 0.6) is 0 Å². The molecule has 0 unspecified atom stereocenters. The third kappa shape index (κ3) is 6.06. The SMILES string of the molecule is Cc1cc(F)ccc1[C@H]1CNCCCN1C(=O)N(C)[C@H](C)c1cc(C(F)(F)F)cc(C(F)(F)F)c1. The van der Waals surface area contributed by atoms with E-state index in [2.05, 4.69) is 5.32 Å². The minimum Gasteiger partial charge on any atom is -0.321 e. The summed E-state index contributed by atoms with van der Waals surface area (Å²) in [6.07, 6.45) is -9.38. The van der Waals surface area contributed by atoms with E-state index in [0.29, 0.717) is 49.3 Å². The maximum atomic E-state index is 13.6. The average molecular weight is 505 g/mol. The minimum atomic E-state index is -4.99. The van der Waals surface area contributed by atoms with Crippen molar-refractivity contribution in [2.45, 2.75) is 44.7 Å². The summed E-state index contributed by atoms with van der Waals surface area (Å²) < 4.78 is 93.5. The van der Waals surface area contributed by atoms with Gasteiger partial charge < -0.3 is 15.1 Å². The fourth-order valence-electron chi connectivity index (χ4n) is 4.21. The molecule has 4 nitrogen and oxygen atoms in total. The summed E-state index contributed by atoms with van der Waals surface area (Å²) in [5, 5.41) is 3.21. The molecule has 2 aromatic rings. The molecule has 0 aromatic heterocycles. The van der Waals surface area contributed by atoms with E-state index in [9.17, 15) is 35.5 Å². The van der Waals surface area contributed by atoms with Crippen molar-refractivity contribution in [1.82, 2.24) is 15.1 Å². The lowest BCUT2D eigenvalue weighted by atomic mass is 9.98. The van der Waals surface area contributed by atoms with Crippen LogP contribution in [-0.4, -0.2) is 42.5 Å². The first-order valence-corrected chi connectivity index (χ1v) is 11.0. The van der Waals surface area contributed by atoms with Crippen molar-refractivity contribution in [2.75, 3.05) is 26.7 Å². The topological polar surface area (TPSA) is 35.6 Å². The largest absolute Gasteiger partial charge is 0.416 e. The molecule has 1 saturated heterocycles. The standard InChI is InChI=1S/C24H26F7N3O/c1-14-9-19(25)5-6-20(14)21-13-32-7-4-8-34(21)22(35)33(3)15(2)16-10-17(23(26,27)28)12-18(11-16)24(29,30)31/h5-6,9-12,15,21,32H,4,7-8,13H2,1-3H3/t15-,21-/m1/s1. The number of nitrogens with one attached hydrogen (secondary N) is 1. The van der Waals surface area contributed by atoms with Gasteiger partial charge in [0.05, 0.1) is 23.2 Å². The molecule has 0 spiro atoms. The Morgan fingerprint density at radius 3 is 2.20 bits per heavy atom. The Hall–Kier alpha value is -2.82. The van der Waals surface area contributed by atoms with E-state index in [1.807, 2.05) is 0 Å². The van der Waals surface area contributed by atoms with Crippen molar-refractivity contribution in [1.29, 1.82) is 0 Å². The first-order valence-electron chi connectivity index (χ1n) is 11.0. The van der Waals surface area contributed by atoms with Gasteiger partial charge in [0, 0.05) is 20.1 Å². The van der Waals surface area contributed by atoms with Gasteiger partial charge in [-0.25, -0.2) is 9.18 Å². The van der Waals surface area contributed by atoms with Gasteiger partial charge in [0.25, 0.3) is 0 Å². The molecule has 2 aromatic carbocycles. The highest BCUT2D eigenvalue weighted by Crippen LogP contribution is 2.38. The monoisotopic (exact) mass is 505 g/mol. The van der Waals surface area contributed by atoms with Crippen molar-refractivity contribution in [3.63, 3.8) is 0 Å². The molecule has 0 aliphatic carbocycles. The molecule has 3 rings (SSSR count). The summed E-state index contributed by atoms with van der Waals surface area (Å²) in [6.45, 7) is 4.37. The zero-order valence-corrected chi connectivity index (χ0v) is 19.4. The van der Waals surface area contributed by atoms with E-state index in [4.69, 9.17) is 0 Å². The second-order valence-electron chi connectivity index (χ2n) is 8.68. The van der Waals surface area contributed by atoms with E-state index in [-0.39, 0.29) is 11.6 Å². The third-order valence-electron chi connectivity index (χ3n) is 6.28. The van der Waals surface area contributed by atoms with E-state index in [0.717, 1.165) is 4.90 Å². The molecule has 2 amide bonds. The Morgan fingerprint density at radius 1 is 1.06 bits per heavy atom. The van der Waals surface area contributed by atoms with Gasteiger partial charge in [-0.1, -0.05) is 6.07 Å². The predicted octanol–water partition coefficient (Wildman–Crippen LogP) is 6.32. The summed E-state index contributed by atoms with van der Waals surface area (Å²) in [5.41, 5.74) is -1.83. The molecule has 0 saturated carbocycles. The zero-order chi connectivity index (χ0) is 26.1. The summed E-state index contributed by atoms with van der Waals surface area (Å²) in [7, 11) is 1.34. The van der Waals surface area contributed by atoms with Gasteiger partial charge in [0.15, 0.2) is 0 Å². The molecule has 1 N–H and O–H groups in total. The Kier molecular flexibility index (Phi) is 7.68. The molecular weight excluding hydrogens is 479 g/mol. The highest BCUT2D eigenvalue weighted by atomic mass is 19.4. The molecular formula is C24H26F7N3O. The number of hydrogen-bond donors (Lipinski definition) is 1. The Labute approximate surface area is 198 Å². The van der Waals surface area contributed by atoms with Crippen LogP contribution < -0.4 is 5.32 Å². The highest BCUT2D eigenvalue weighted by Gasteiger charge is 2.38. The molecule has 35 heavy (non-hydrogen) atoms. The highest BCUT2D eigenvalue weighted by molar-refractivity contribution is 5.75. The van der Waals surface area contributed by atoms with E-state index in [1.165, 1.54) is 31.0 Å². The number of halogens is 7. The number of alkyl halides is 6. The number of carbonyl (C=O) groups is 1. The maximum absolute atomic E-state index is 13.6. The molecule has 0 bridgehead atoms. The average Bonchev–Trinajstić information content (AvgIpc) is 3.02. The smallest absolute Gasteiger partial charge is 0.321 e. The molecule has 11 heteroatoms. The van der Waals surface area contributed by atoms with Crippen LogP contribution in [-0.2, 0) is 12.4 Å². The van der Waals surface area contributed by atoms with Crippen molar-refractivity contribution in [2.24, 2.45) is 0 Å². The number of hydrogen-bond acceptors (Lipinski definition) is 2. The van der Waals surface area contributed by atoms with E-state index >= 15 is 0 Å². The summed E-state index contributed by atoms with van der Waals surface area (Å²) in [5.74, 6) is -0.429. The summed E-state index contributed by atoms with van der Waals surface area (Å²) >= 11 is 0. The summed E-state index contributed by atoms with van der Waals surface area (Å²) in [4.78, 5) is 16.2. The van der Waals surface area contributed by atoms with E-state index in [1.54, 1.807) is 13.0 Å². The fraction of sp³-hybridized carbons (Fsp3) is 0.458. The number of rotatable bonds is 3. The van der Waals surface area contributed by atoms with Crippen LogP contribution in [0.1, 0.15) is 53.2 Å². The van der Waals surface area contributed by atoms with Gasteiger partial charge in [-0.15, -0.1) is 0 Å². The molecule has 1 aliphatic heterocycles. The Morgan fingerprint density at radius 2 is 1.66 bits per heavy atom. The number of carbonyl (C=O) groups excluding carboxylic acids is 1. The zero-order valence-electron chi connectivity index (χ0n) is 19.4. The van der Waals surface area contributed by atoms with Crippen molar-refractivity contribution >= 4 is 6.03 Å². The molecule has 1 aliphatic rings.